The number of thiazole rings is 1. The summed E-state index contributed by atoms with van der Waals surface area (Å²) in [4.78, 5) is 17.8. The number of aromatic nitrogens is 1. The predicted molar refractivity (Wildman–Crippen MR) is 100 cm³/mol. The van der Waals surface area contributed by atoms with Gasteiger partial charge in [-0.1, -0.05) is 28.9 Å². The Morgan fingerprint density at radius 3 is 2.83 bits per heavy atom. The quantitative estimate of drug-likeness (QED) is 0.540. The zero-order valence-electron chi connectivity index (χ0n) is 12.0. The fraction of sp³-hybridized carbons (Fsp3) is 0.125. The molecule has 0 saturated heterocycles. The summed E-state index contributed by atoms with van der Waals surface area (Å²) < 4.78 is 3.76. The van der Waals surface area contributed by atoms with Gasteiger partial charge in [-0.25, -0.2) is 0 Å². The highest BCUT2D eigenvalue weighted by Gasteiger charge is 2.13. The Kier molecular flexibility index (Phi) is 4.74. The largest absolute Gasteiger partial charge is 0.304 e. The van der Waals surface area contributed by atoms with Gasteiger partial charge in [0, 0.05) is 5.02 Å². The Bertz CT molecular complexity index is 1020. The molecule has 0 unspecified atom stereocenters. The van der Waals surface area contributed by atoms with Gasteiger partial charge in [-0.15, -0.1) is 17.8 Å². The van der Waals surface area contributed by atoms with Crippen molar-refractivity contribution < 1.29 is 4.79 Å². The van der Waals surface area contributed by atoms with Crippen LogP contribution in [0.25, 0.3) is 10.2 Å². The van der Waals surface area contributed by atoms with Crippen LogP contribution < -0.4 is 4.80 Å². The summed E-state index contributed by atoms with van der Waals surface area (Å²) in [5, 5.41) is 0.668. The van der Waals surface area contributed by atoms with Crippen molar-refractivity contribution in [3.05, 3.63) is 48.3 Å². The van der Waals surface area contributed by atoms with Gasteiger partial charge in [0.2, 0.25) is 0 Å². The number of hydrogen-bond acceptors (Lipinski definition) is 3. The molecule has 0 radical (unpaired) electrons. The average molecular weight is 426 g/mol. The fourth-order valence-electron chi connectivity index (χ4n) is 2.21. The number of benzene rings is 1. The molecule has 23 heavy (non-hydrogen) atoms. The van der Waals surface area contributed by atoms with Crippen molar-refractivity contribution in [3.63, 3.8) is 0 Å². The molecule has 116 valence electrons. The minimum atomic E-state index is -0.276. The number of fused-ring (bicyclic) bond motifs is 1. The number of aryl methyl sites for hydroxylation is 1. The summed E-state index contributed by atoms with van der Waals surface area (Å²) in [6.45, 7) is 2.27. The number of halogens is 2. The molecule has 0 aliphatic heterocycles. The first-order chi connectivity index (χ1) is 11.0. The Balaban J connectivity index is 2.23. The first-order valence-electron chi connectivity index (χ1n) is 6.57. The van der Waals surface area contributed by atoms with E-state index in [9.17, 15) is 4.79 Å². The monoisotopic (exact) mass is 424 g/mol. The molecule has 0 spiro atoms. The number of nitrogens with zero attached hydrogens (tertiary/aromatic N) is 2. The van der Waals surface area contributed by atoms with E-state index in [1.54, 1.807) is 6.07 Å². The zero-order chi connectivity index (χ0) is 16.6. The van der Waals surface area contributed by atoms with Gasteiger partial charge >= 0.3 is 0 Å². The first-order valence-corrected chi connectivity index (χ1v) is 9.38. The number of carbonyl (C=O) groups excluding carboxylic acids is 1. The summed E-state index contributed by atoms with van der Waals surface area (Å²) in [5.41, 5.74) is 1.86. The van der Waals surface area contributed by atoms with Gasteiger partial charge < -0.3 is 4.57 Å². The third kappa shape index (κ3) is 3.15. The third-order valence-electron chi connectivity index (χ3n) is 3.26. The van der Waals surface area contributed by atoms with Crippen LogP contribution in [0.3, 0.4) is 0 Å². The average Bonchev–Trinajstić information content (AvgIpc) is 3.09. The molecule has 0 aliphatic carbocycles. The second-order valence-electron chi connectivity index (χ2n) is 4.71. The summed E-state index contributed by atoms with van der Waals surface area (Å²) in [7, 11) is 0. The topological polar surface area (TPSA) is 34.4 Å². The Morgan fingerprint density at radius 2 is 2.17 bits per heavy atom. The highest BCUT2D eigenvalue weighted by Crippen LogP contribution is 2.27. The molecule has 0 aliphatic rings. The molecule has 1 aromatic carbocycles. The van der Waals surface area contributed by atoms with E-state index in [2.05, 4.69) is 26.8 Å². The molecule has 3 aromatic rings. The summed E-state index contributed by atoms with van der Waals surface area (Å²) in [6, 6.07) is 7.35. The van der Waals surface area contributed by atoms with Crippen LogP contribution in [0.1, 0.15) is 15.2 Å². The number of carbonyl (C=O) groups is 1. The van der Waals surface area contributed by atoms with Gasteiger partial charge in [-0.2, -0.15) is 4.99 Å². The zero-order valence-corrected chi connectivity index (χ0v) is 15.9. The normalized spacial score (nSPS) is 11.8. The van der Waals surface area contributed by atoms with Crippen molar-refractivity contribution in [1.82, 2.24) is 4.57 Å². The lowest BCUT2D eigenvalue weighted by atomic mass is 10.2. The van der Waals surface area contributed by atoms with Gasteiger partial charge in [-0.3, -0.25) is 4.79 Å². The number of amides is 1. The lowest BCUT2D eigenvalue weighted by Crippen LogP contribution is -2.16. The maximum Gasteiger partial charge on any atom is 0.289 e. The van der Waals surface area contributed by atoms with E-state index in [0.29, 0.717) is 21.2 Å². The van der Waals surface area contributed by atoms with Gasteiger partial charge in [0.15, 0.2) is 4.80 Å². The molecule has 3 nitrogen and oxygen atoms in total. The Morgan fingerprint density at radius 1 is 1.39 bits per heavy atom. The van der Waals surface area contributed by atoms with E-state index in [0.717, 1.165) is 19.6 Å². The minimum absolute atomic E-state index is 0.276. The van der Waals surface area contributed by atoms with Crippen LogP contribution in [-0.2, 0) is 6.54 Å². The summed E-state index contributed by atoms with van der Waals surface area (Å²) in [5.74, 6) is 2.34. The highest BCUT2D eigenvalue weighted by molar-refractivity contribution is 9.11. The van der Waals surface area contributed by atoms with Crippen LogP contribution >= 0.6 is 50.2 Å². The van der Waals surface area contributed by atoms with E-state index >= 15 is 0 Å². The molecule has 0 saturated carbocycles. The lowest BCUT2D eigenvalue weighted by Gasteiger charge is -2.04. The summed E-state index contributed by atoms with van der Waals surface area (Å²) >= 11 is 12.3. The molecular formula is C16H10BrClN2OS2. The smallest absolute Gasteiger partial charge is 0.289 e. The van der Waals surface area contributed by atoms with Crippen molar-refractivity contribution in [2.45, 2.75) is 13.5 Å². The van der Waals surface area contributed by atoms with Crippen molar-refractivity contribution in [2.75, 3.05) is 0 Å². The molecule has 0 fully saturated rings. The first kappa shape index (κ1) is 16.5. The third-order valence-corrected chi connectivity index (χ3v) is 6.33. The van der Waals surface area contributed by atoms with Crippen LogP contribution in [0, 0.1) is 19.3 Å². The van der Waals surface area contributed by atoms with Crippen molar-refractivity contribution >= 4 is 66.3 Å². The Hall–Kier alpha value is -1.39. The van der Waals surface area contributed by atoms with Gasteiger partial charge in [0.05, 0.1) is 25.4 Å². The molecule has 2 heterocycles. The van der Waals surface area contributed by atoms with Crippen LogP contribution in [0.15, 0.2) is 33.0 Å². The molecule has 3 rings (SSSR count). The van der Waals surface area contributed by atoms with Crippen molar-refractivity contribution in [3.8, 4) is 12.3 Å². The van der Waals surface area contributed by atoms with E-state index in [4.69, 9.17) is 18.0 Å². The molecule has 0 atom stereocenters. The van der Waals surface area contributed by atoms with Gasteiger partial charge in [0.25, 0.3) is 5.91 Å². The van der Waals surface area contributed by atoms with Crippen LogP contribution in [0.2, 0.25) is 5.02 Å². The molecule has 1 amide bonds. The SMILES string of the molecule is C#CCn1c(=NC(=O)c2ccc(Br)s2)sc2ccc(Cl)c(C)c21. The fourth-order valence-corrected chi connectivity index (χ4v) is 4.72. The van der Waals surface area contributed by atoms with Crippen LogP contribution in [0.4, 0.5) is 0 Å². The van der Waals surface area contributed by atoms with E-state index in [-0.39, 0.29) is 5.91 Å². The standard InChI is InChI=1S/C16H10BrClN2OS2/c1-3-8-20-14-9(2)10(18)4-5-11(14)23-16(20)19-15(21)12-6-7-13(17)22-12/h1,4-7H,8H2,2H3. The molecule has 0 bridgehead atoms. The minimum Gasteiger partial charge on any atom is -0.304 e. The second-order valence-corrected chi connectivity index (χ2v) is 8.59. The van der Waals surface area contributed by atoms with Crippen molar-refractivity contribution in [2.24, 2.45) is 4.99 Å². The number of rotatable bonds is 2. The Labute approximate surface area is 154 Å². The van der Waals surface area contributed by atoms with Crippen molar-refractivity contribution in [1.29, 1.82) is 0 Å². The maximum absolute atomic E-state index is 12.4. The van der Waals surface area contributed by atoms with Crippen LogP contribution in [-0.4, -0.2) is 10.5 Å². The van der Waals surface area contributed by atoms with E-state index in [1.165, 1.54) is 22.7 Å². The number of terminal acetylenes is 1. The number of thiophene rings is 1. The second kappa shape index (κ2) is 6.62. The molecule has 2 aromatic heterocycles. The van der Waals surface area contributed by atoms with Gasteiger partial charge in [-0.05, 0) is 52.7 Å². The predicted octanol–water partition coefficient (Wildman–Crippen LogP) is 4.86. The highest BCUT2D eigenvalue weighted by atomic mass is 79.9. The van der Waals surface area contributed by atoms with Gasteiger partial charge in [0.1, 0.15) is 0 Å². The molecular weight excluding hydrogens is 416 g/mol. The molecule has 0 N–H and O–H groups in total. The summed E-state index contributed by atoms with van der Waals surface area (Å²) in [6.07, 6.45) is 5.48. The van der Waals surface area contributed by atoms with E-state index in [1.807, 2.05) is 29.7 Å². The lowest BCUT2D eigenvalue weighted by molar-refractivity contribution is 0.100. The maximum atomic E-state index is 12.4. The van der Waals surface area contributed by atoms with Crippen LogP contribution in [0.5, 0.6) is 0 Å². The number of hydrogen-bond donors (Lipinski definition) is 0. The van der Waals surface area contributed by atoms with E-state index < -0.39 is 0 Å². The molecule has 7 heteroatoms.